The van der Waals surface area contributed by atoms with Gasteiger partial charge in [-0.3, -0.25) is 14.4 Å². The zero-order valence-corrected chi connectivity index (χ0v) is 15.3. The normalized spacial score (nSPS) is 12.4. The molecule has 28 heavy (non-hydrogen) atoms. The van der Waals surface area contributed by atoms with Gasteiger partial charge in [-0.15, -0.1) is 11.3 Å². The number of hydrogen-bond acceptors (Lipinski definition) is 5. The summed E-state index contributed by atoms with van der Waals surface area (Å²) in [4.78, 5) is 36.5. The predicted molar refractivity (Wildman–Crippen MR) is 107 cm³/mol. The number of benzene rings is 2. The van der Waals surface area contributed by atoms with Gasteiger partial charge in [0, 0.05) is 16.9 Å². The van der Waals surface area contributed by atoms with Crippen LogP contribution in [0.2, 0.25) is 0 Å². The molecule has 0 bridgehead atoms. The van der Waals surface area contributed by atoms with Gasteiger partial charge in [-0.05, 0) is 53.9 Å². The van der Waals surface area contributed by atoms with Crippen molar-refractivity contribution in [2.24, 2.45) is 0 Å². The first-order valence-electron chi connectivity index (χ1n) is 8.41. The topological polar surface area (TPSA) is 96.5 Å². The van der Waals surface area contributed by atoms with Crippen LogP contribution in [-0.2, 0) is 4.79 Å². The quantitative estimate of drug-likeness (QED) is 0.631. The van der Waals surface area contributed by atoms with Crippen LogP contribution in [0.5, 0.6) is 5.75 Å². The van der Waals surface area contributed by atoms with Crippen LogP contribution < -0.4 is 20.7 Å². The maximum Gasteiger partial charge on any atom is 0.265 e. The van der Waals surface area contributed by atoms with Crippen molar-refractivity contribution >= 4 is 46.1 Å². The van der Waals surface area contributed by atoms with E-state index in [2.05, 4.69) is 16.0 Å². The lowest BCUT2D eigenvalue weighted by atomic mass is 10.1. The third kappa shape index (κ3) is 3.86. The van der Waals surface area contributed by atoms with E-state index < -0.39 is 0 Å². The summed E-state index contributed by atoms with van der Waals surface area (Å²) < 4.78 is 5.29. The van der Waals surface area contributed by atoms with E-state index in [0.717, 1.165) is 0 Å². The van der Waals surface area contributed by atoms with Crippen LogP contribution in [0.15, 0.2) is 60.0 Å². The lowest BCUT2D eigenvalue weighted by molar-refractivity contribution is -0.118. The summed E-state index contributed by atoms with van der Waals surface area (Å²) in [5.41, 5.74) is 2.08. The zero-order chi connectivity index (χ0) is 19.5. The van der Waals surface area contributed by atoms with Crippen molar-refractivity contribution in [2.75, 3.05) is 22.6 Å². The van der Waals surface area contributed by atoms with Crippen LogP contribution in [-0.4, -0.2) is 24.3 Å². The van der Waals surface area contributed by atoms with Gasteiger partial charge in [-0.1, -0.05) is 6.07 Å². The van der Waals surface area contributed by atoms with Crippen LogP contribution in [0, 0.1) is 0 Å². The summed E-state index contributed by atoms with van der Waals surface area (Å²) in [7, 11) is 0. The first-order valence-corrected chi connectivity index (χ1v) is 9.29. The van der Waals surface area contributed by atoms with Gasteiger partial charge in [0.05, 0.1) is 10.6 Å². The monoisotopic (exact) mass is 393 g/mol. The highest BCUT2D eigenvalue weighted by molar-refractivity contribution is 7.12. The van der Waals surface area contributed by atoms with E-state index in [4.69, 9.17) is 4.74 Å². The fourth-order valence-corrected chi connectivity index (χ4v) is 3.29. The molecule has 2 aromatic carbocycles. The average molecular weight is 393 g/mol. The van der Waals surface area contributed by atoms with Crippen LogP contribution in [0.1, 0.15) is 20.0 Å². The minimum Gasteiger partial charge on any atom is -0.482 e. The number of hydrogen-bond donors (Lipinski definition) is 3. The molecule has 1 aromatic heterocycles. The number of nitrogens with one attached hydrogen (secondary N) is 3. The Morgan fingerprint density at radius 2 is 1.71 bits per heavy atom. The second-order valence-electron chi connectivity index (χ2n) is 6.01. The Morgan fingerprint density at radius 3 is 2.46 bits per heavy atom. The second-order valence-corrected chi connectivity index (χ2v) is 6.96. The molecule has 4 rings (SSSR count). The molecule has 0 aliphatic carbocycles. The smallest absolute Gasteiger partial charge is 0.265 e. The molecule has 140 valence electrons. The third-order valence-corrected chi connectivity index (χ3v) is 4.89. The number of fused-ring (bicyclic) bond motifs is 1. The molecule has 2 heterocycles. The molecule has 0 radical (unpaired) electrons. The molecular weight excluding hydrogens is 378 g/mol. The highest BCUT2D eigenvalue weighted by Gasteiger charge is 2.17. The molecule has 1 aliphatic heterocycles. The van der Waals surface area contributed by atoms with Crippen molar-refractivity contribution in [2.45, 2.75) is 0 Å². The first-order chi connectivity index (χ1) is 13.6. The van der Waals surface area contributed by atoms with Crippen molar-refractivity contribution < 1.29 is 19.1 Å². The Morgan fingerprint density at radius 1 is 0.964 bits per heavy atom. The van der Waals surface area contributed by atoms with Crippen molar-refractivity contribution in [3.63, 3.8) is 0 Å². The molecule has 8 heteroatoms. The summed E-state index contributed by atoms with van der Waals surface area (Å²) in [5, 5.41) is 10.1. The summed E-state index contributed by atoms with van der Waals surface area (Å²) in [5.74, 6) is -0.177. The van der Waals surface area contributed by atoms with Crippen molar-refractivity contribution in [1.82, 2.24) is 0 Å². The number of amides is 3. The Hall–Kier alpha value is -3.65. The van der Waals surface area contributed by atoms with E-state index in [-0.39, 0.29) is 24.3 Å². The molecule has 0 atom stereocenters. The van der Waals surface area contributed by atoms with Gasteiger partial charge in [-0.2, -0.15) is 0 Å². The van der Waals surface area contributed by atoms with E-state index in [9.17, 15) is 14.4 Å². The minimum absolute atomic E-state index is 0.0198. The minimum atomic E-state index is -0.306. The average Bonchev–Trinajstić information content (AvgIpc) is 3.23. The van der Waals surface area contributed by atoms with Crippen LogP contribution in [0.25, 0.3) is 0 Å². The van der Waals surface area contributed by atoms with Crippen LogP contribution >= 0.6 is 11.3 Å². The molecular formula is C20H15N3O4S. The molecule has 0 fully saturated rings. The summed E-state index contributed by atoms with van der Waals surface area (Å²) in [6, 6.07) is 15.2. The molecule has 0 saturated heterocycles. The van der Waals surface area contributed by atoms with E-state index in [1.54, 1.807) is 48.5 Å². The van der Waals surface area contributed by atoms with Gasteiger partial charge in [0.25, 0.3) is 17.7 Å². The van der Waals surface area contributed by atoms with E-state index in [0.29, 0.717) is 33.3 Å². The zero-order valence-electron chi connectivity index (χ0n) is 14.5. The maximum absolute atomic E-state index is 12.5. The van der Waals surface area contributed by atoms with Crippen LogP contribution in [0.3, 0.4) is 0 Å². The SMILES string of the molecule is O=C1COc2ccc(NC(=O)c3ccc(NC(=O)c4cccs4)cc3)cc2N1. The van der Waals surface area contributed by atoms with Gasteiger partial charge in [0.1, 0.15) is 5.75 Å². The largest absolute Gasteiger partial charge is 0.482 e. The fourth-order valence-electron chi connectivity index (χ4n) is 2.67. The number of rotatable bonds is 4. The van der Waals surface area contributed by atoms with Crippen molar-refractivity contribution in [1.29, 1.82) is 0 Å². The first kappa shape index (κ1) is 17.7. The number of carbonyl (C=O) groups is 3. The van der Waals surface area contributed by atoms with Crippen LogP contribution in [0.4, 0.5) is 17.1 Å². The molecule has 3 aromatic rings. The standard InChI is InChI=1S/C20H15N3O4S/c24-18-11-27-16-8-7-14(10-15(16)23-18)22-19(25)12-3-5-13(6-4-12)21-20(26)17-2-1-9-28-17/h1-10H,11H2,(H,21,26)(H,22,25)(H,23,24). The predicted octanol–water partition coefficient (Wildman–Crippen LogP) is 3.58. The summed E-state index contributed by atoms with van der Waals surface area (Å²) in [6.45, 7) is -0.0198. The number of ether oxygens (including phenoxy) is 1. The second kappa shape index (κ2) is 7.53. The lowest BCUT2D eigenvalue weighted by Gasteiger charge is -2.18. The highest BCUT2D eigenvalue weighted by atomic mass is 32.1. The third-order valence-electron chi connectivity index (χ3n) is 4.02. The lowest BCUT2D eigenvalue weighted by Crippen LogP contribution is -2.25. The number of thiophene rings is 1. The summed E-state index contributed by atoms with van der Waals surface area (Å²) >= 11 is 1.36. The van der Waals surface area contributed by atoms with Crippen molar-refractivity contribution in [3.05, 3.63) is 70.4 Å². The van der Waals surface area contributed by atoms with Crippen molar-refractivity contribution in [3.8, 4) is 5.75 Å². The van der Waals surface area contributed by atoms with E-state index >= 15 is 0 Å². The van der Waals surface area contributed by atoms with Gasteiger partial charge in [-0.25, -0.2) is 0 Å². The molecule has 7 nitrogen and oxygen atoms in total. The molecule has 0 saturated carbocycles. The molecule has 0 spiro atoms. The Kier molecular flexibility index (Phi) is 4.77. The van der Waals surface area contributed by atoms with E-state index in [1.165, 1.54) is 11.3 Å². The Balaban J connectivity index is 1.42. The number of anilines is 3. The summed E-state index contributed by atoms with van der Waals surface area (Å²) in [6.07, 6.45) is 0. The van der Waals surface area contributed by atoms with E-state index in [1.807, 2.05) is 11.4 Å². The van der Waals surface area contributed by atoms with Gasteiger partial charge in [0.15, 0.2) is 6.61 Å². The molecule has 1 aliphatic rings. The fraction of sp³-hybridized carbons (Fsp3) is 0.0500. The Bertz CT molecular complexity index is 1050. The Labute approximate surface area is 164 Å². The van der Waals surface area contributed by atoms with Gasteiger partial charge < -0.3 is 20.7 Å². The number of carbonyl (C=O) groups excluding carboxylic acids is 3. The molecule has 3 N–H and O–H groups in total. The molecule has 0 unspecified atom stereocenters. The maximum atomic E-state index is 12.5. The van der Waals surface area contributed by atoms with Gasteiger partial charge >= 0.3 is 0 Å². The van der Waals surface area contributed by atoms with Gasteiger partial charge in [0.2, 0.25) is 0 Å². The highest BCUT2D eigenvalue weighted by Crippen LogP contribution is 2.30. The molecule has 3 amide bonds.